The number of benzene rings is 1. The normalized spacial score (nSPS) is 20.9. The molecule has 3 heteroatoms. The van der Waals surface area contributed by atoms with Crippen molar-refractivity contribution in [3.63, 3.8) is 0 Å². The Labute approximate surface area is 126 Å². The number of hydrogen-bond donors (Lipinski definition) is 0. The largest absolute Gasteiger partial charge is 0.356 e. The molecule has 2 nitrogen and oxygen atoms in total. The van der Waals surface area contributed by atoms with E-state index >= 15 is 0 Å². The Balaban J connectivity index is 1.64. The molecule has 1 aromatic rings. The average Bonchev–Trinajstić information content (AvgIpc) is 3.24. The van der Waals surface area contributed by atoms with Gasteiger partial charge in [0, 0.05) is 11.4 Å². The van der Waals surface area contributed by atoms with Crippen LogP contribution in [-0.4, -0.2) is 11.9 Å². The Morgan fingerprint density at radius 2 is 1.75 bits per heavy atom. The van der Waals surface area contributed by atoms with Crippen LogP contribution in [0.15, 0.2) is 24.3 Å². The molecule has 1 heterocycles. The lowest BCUT2D eigenvalue weighted by atomic mass is 10.0. The highest BCUT2D eigenvalue weighted by Crippen LogP contribution is 2.40. The maximum atomic E-state index is 12.0. The fourth-order valence-corrected chi connectivity index (χ4v) is 2.61. The number of unbranched alkanes of at least 4 members (excludes halogenated alkanes) is 5. The second-order valence-corrected chi connectivity index (χ2v) is 5.95. The van der Waals surface area contributed by atoms with E-state index in [2.05, 4.69) is 6.92 Å². The van der Waals surface area contributed by atoms with Crippen LogP contribution in [0.2, 0.25) is 5.02 Å². The van der Waals surface area contributed by atoms with Crippen LogP contribution in [0.4, 0.5) is 0 Å². The molecule has 2 atom stereocenters. The first-order valence-corrected chi connectivity index (χ1v) is 8.04. The summed E-state index contributed by atoms with van der Waals surface area (Å²) in [6.45, 7) is 2.21. The number of carbonyl (C=O) groups excluding carboxylic acids is 1. The molecule has 1 saturated heterocycles. The van der Waals surface area contributed by atoms with E-state index in [-0.39, 0.29) is 18.0 Å². The average molecular weight is 295 g/mol. The molecule has 1 aromatic carbocycles. The number of Topliss-reactive ketones (excluding diaryl/α,β-unsaturated/α-hetero) is 1. The quantitative estimate of drug-likeness (QED) is 0.468. The van der Waals surface area contributed by atoms with E-state index < -0.39 is 0 Å². The maximum absolute atomic E-state index is 12.0. The van der Waals surface area contributed by atoms with Gasteiger partial charge in [0.2, 0.25) is 0 Å². The molecule has 1 aliphatic rings. The van der Waals surface area contributed by atoms with Crippen LogP contribution >= 0.6 is 11.6 Å². The van der Waals surface area contributed by atoms with Crippen LogP contribution in [0.5, 0.6) is 0 Å². The second kappa shape index (κ2) is 7.80. The van der Waals surface area contributed by atoms with Crippen molar-refractivity contribution < 1.29 is 9.53 Å². The van der Waals surface area contributed by atoms with Gasteiger partial charge >= 0.3 is 0 Å². The van der Waals surface area contributed by atoms with Crippen LogP contribution in [0.25, 0.3) is 0 Å². The maximum Gasteiger partial charge on any atom is 0.164 e. The van der Waals surface area contributed by atoms with Crippen molar-refractivity contribution in [2.75, 3.05) is 0 Å². The Hall–Kier alpha value is -0.860. The number of rotatable bonds is 9. The zero-order valence-corrected chi connectivity index (χ0v) is 12.9. The molecular weight excluding hydrogens is 272 g/mol. The van der Waals surface area contributed by atoms with E-state index in [9.17, 15) is 4.79 Å². The summed E-state index contributed by atoms with van der Waals surface area (Å²) in [4.78, 5) is 12.0. The van der Waals surface area contributed by atoms with Crippen molar-refractivity contribution in [1.82, 2.24) is 0 Å². The van der Waals surface area contributed by atoms with E-state index in [1.165, 1.54) is 25.7 Å². The Bertz CT molecular complexity index is 427. The Morgan fingerprint density at radius 3 is 2.45 bits per heavy atom. The predicted octanol–water partition coefficient (Wildman–Crippen LogP) is 5.10. The summed E-state index contributed by atoms with van der Waals surface area (Å²) in [5.74, 6) is 0.250. The van der Waals surface area contributed by atoms with Gasteiger partial charge in [-0.2, -0.15) is 0 Å². The van der Waals surface area contributed by atoms with Gasteiger partial charge in [0.25, 0.3) is 0 Å². The lowest BCUT2D eigenvalue weighted by Gasteiger charge is -2.00. The van der Waals surface area contributed by atoms with Gasteiger partial charge in [-0.05, 0) is 24.1 Å². The van der Waals surface area contributed by atoms with Crippen molar-refractivity contribution in [1.29, 1.82) is 0 Å². The van der Waals surface area contributed by atoms with Crippen LogP contribution < -0.4 is 0 Å². The van der Waals surface area contributed by atoms with E-state index in [4.69, 9.17) is 16.3 Å². The van der Waals surface area contributed by atoms with E-state index in [0.29, 0.717) is 11.4 Å². The van der Waals surface area contributed by atoms with Crippen molar-refractivity contribution in [3.05, 3.63) is 34.9 Å². The standard InChI is InChI=1S/C17H23ClO2/c1-2-3-4-5-6-7-8-15(19)17-16(20-17)13-9-11-14(18)12-10-13/h9-12,16-17H,2-8H2,1H3/t16-,17-/m1/s1. The monoisotopic (exact) mass is 294 g/mol. The molecule has 110 valence electrons. The number of hydrogen-bond acceptors (Lipinski definition) is 2. The van der Waals surface area contributed by atoms with Crippen molar-refractivity contribution >= 4 is 17.4 Å². The third-order valence-electron chi connectivity index (χ3n) is 3.78. The highest BCUT2D eigenvalue weighted by atomic mass is 35.5. The van der Waals surface area contributed by atoms with Gasteiger partial charge in [-0.3, -0.25) is 4.79 Å². The van der Waals surface area contributed by atoms with Crippen LogP contribution in [0.3, 0.4) is 0 Å². The summed E-state index contributed by atoms with van der Waals surface area (Å²) in [7, 11) is 0. The molecule has 0 amide bonds. The summed E-state index contributed by atoms with van der Waals surface area (Å²) in [6.07, 6.45) is 7.65. The topological polar surface area (TPSA) is 29.6 Å². The third-order valence-corrected chi connectivity index (χ3v) is 4.04. The summed E-state index contributed by atoms with van der Waals surface area (Å²) in [5, 5.41) is 0.712. The van der Waals surface area contributed by atoms with Crippen molar-refractivity contribution in [2.24, 2.45) is 0 Å². The smallest absolute Gasteiger partial charge is 0.164 e. The first-order chi connectivity index (χ1) is 9.72. The molecule has 1 fully saturated rings. The molecule has 0 aliphatic carbocycles. The van der Waals surface area contributed by atoms with Gasteiger partial charge in [0.15, 0.2) is 5.78 Å². The number of carbonyl (C=O) groups is 1. The minimum atomic E-state index is -0.216. The molecule has 0 unspecified atom stereocenters. The molecular formula is C17H23ClO2. The first kappa shape index (κ1) is 15.5. The van der Waals surface area contributed by atoms with Gasteiger partial charge in [0.1, 0.15) is 12.2 Å². The van der Waals surface area contributed by atoms with Gasteiger partial charge < -0.3 is 4.74 Å². The molecule has 0 N–H and O–H groups in total. The minimum Gasteiger partial charge on any atom is -0.356 e. The van der Waals surface area contributed by atoms with Gasteiger partial charge in [-0.1, -0.05) is 62.8 Å². The molecule has 0 aromatic heterocycles. The van der Waals surface area contributed by atoms with Crippen molar-refractivity contribution in [3.8, 4) is 0 Å². The minimum absolute atomic E-state index is 0.0418. The van der Waals surface area contributed by atoms with Crippen LogP contribution in [-0.2, 0) is 9.53 Å². The SMILES string of the molecule is CCCCCCCCC(=O)[C@H]1O[C@@H]1c1ccc(Cl)cc1. The molecule has 1 aliphatic heterocycles. The third kappa shape index (κ3) is 4.60. The lowest BCUT2D eigenvalue weighted by molar-refractivity contribution is -0.120. The van der Waals surface area contributed by atoms with Crippen LogP contribution in [0.1, 0.15) is 63.5 Å². The van der Waals surface area contributed by atoms with E-state index in [0.717, 1.165) is 18.4 Å². The number of ketones is 1. The fraction of sp³-hybridized carbons (Fsp3) is 0.588. The van der Waals surface area contributed by atoms with Crippen molar-refractivity contribution in [2.45, 2.75) is 64.1 Å². The molecule has 0 spiro atoms. The molecule has 0 saturated carbocycles. The highest BCUT2D eigenvalue weighted by Gasteiger charge is 2.44. The van der Waals surface area contributed by atoms with Crippen LogP contribution in [0, 0.1) is 0 Å². The summed E-state index contributed by atoms with van der Waals surface area (Å²) < 4.78 is 5.51. The fourth-order valence-electron chi connectivity index (χ4n) is 2.48. The van der Waals surface area contributed by atoms with Gasteiger partial charge in [-0.15, -0.1) is 0 Å². The Morgan fingerprint density at radius 1 is 1.10 bits per heavy atom. The molecule has 2 rings (SSSR count). The number of halogens is 1. The molecule has 20 heavy (non-hydrogen) atoms. The predicted molar refractivity (Wildman–Crippen MR) is 82.1 cm³/mol. The molecule has 0 radical (unpaired) electrons. The molecule has 0 bridgehead atoms. The lowest BCUT2D eigenvalue weighted by Crippen LogP contribution is -2.07. The summed E-state index contributed by atoms with van der Waals surface area (Å²) in [5.41, 5.74) is 1.05. The zero-order valence-electron chi connectivity index (χ0n) is 12.1. The first-order valence-electron chi connectivity index (χ1n) is 7.66. The highest BCUT2D eigenvalue weighted by molar-refractivity contribution is 6.30. The second-order valence-electron chi connectivity index (χ2n) is 5.51. The van der Waals surface area contributed by atoms with E-state index in [1.54, 1.807) is 0 Å². The number of epoxide rings is 1. The summed E-state index contributed by atoms with van der Waals surface area (Å²) >= 11 is 5.85. The summed E-state index contributed by atoms with van der Waals surface area (Å²) in [6, 6.07) is 7.55. The van der Waals surface area contributed by atoms with Gasteiger partial charge in [-0.25, -0.2) is 0 Å². The number of ether oxygens (including phenoxy) is 1. The van der Waals surface area contributed by atoms with Gasteiger partial charge in [0.05, 0.1) is 0 Å². The Kier molecular flexibility index (Phi) is 6.06. The van der Waals surface area contributed by atoms with E-state index in [1.807, 2.05) is 24.3 Å². The zero-order chi connectivity index (χ0) is 14.4.